The molecule has 1 aromatic carbocycles. The third kappa shape index (κ3) is 4.15. The summed E-state index contributed by atoms with van der Waals surface area (Å²) in [5, 5.41) is 3.06. The van der Waals surface area contributed by atoms with E-state index in [1.165, 1.54) is 12.1 Å². The van der Waals surface area contributed by atoms with E-state index in [-0.39, 0.29) is 11.7 Å². The Kier molecular flexibility index (Phi) is 6.88. The van der Waals surface area contributed by atoms with Gasteiger partial charge in [-0.3, -0.25) is 0 Å². The summed E-state index contributed by atoms with van der Waals surface area (Å²) in [6, 6.07) is 2.69. The maximum Gasteiger partial charge on any atom is 0.149 e. The molecular weight excluding hydrogens is 262 g/mol. The highest BCUT2D eigenvalue weighted by atomic mass is 19.1. The van der Waals surface area contributed by atoms with Gasteiger partial charge in [-0.2, -0.15) is 0 Å². The molecule has 1 aromatic rings. The average molecular weight is 286 g/mol. The van der Waals surface area contributed by atoms with Gasteiger partial charge in [-0.05, 0) is 38.1 Å². The maximum atomic E-state index is 14.2. The second-order valence-corrected chi connectivity index (χ2v) is 4.78. The van der Waals surface area contributed by atoms with Crippen molar-refractivity contribution in [3.63, 3.8) is 0 Å². The van der Waals surface area contributed by atoms with Crippen molar-refractivity contribution in [3.05, 3.63) is 29.3 Å². The number of ether oxygens (including phenoxy) is 1. The largest absolute Gasteiger partial charge is 0.383 e. The highest BCUT2D eigenvalue weighted by molar-refractivity contribution is 5.51. The van der Waals surface area contributed by atoms with Crippen LogP contribution in [0.5, 0.6) is 0 Å². The fourth-order valence-corrected chi connectivity index (χ4v) is 2.29. The first-order chi connectivity index (χ1) is 9.54. The number of nitrogens with zero attached hydrogens (tertiary/aromatic N) is 1. The fraction of sp³-hybridized carbons (Fsp3) is 0.600. The second-order valence-electron chi connectivity index (χ2n) is 4.78. The summed E-state index contributed by atoms with van der Waals surface area (Å²) >= 11 is 0. The molecule has 0 aliphatic rings. The van der Waals surface area contributed by atoms with Gasteiger partial charge in [0.05, 0.1) is 6.61 Å². The van der Waals surface area contributed by atoms with Gasteiger partial charge in [0.15, 0.2) is 0 Å². The van der Waals surface area contributed by atoms with Crippen molar-refractivity contribution >= 4 is 5.69 Å². The van der Waals surface area contributed by atoms with Crippen LogP contribution in [0.1, 0.15) is 26.3 Å². The fourth-order valence-electron chi connectivity index (χ4n) is 2.29. The minimum Gasteiger partial charge on any atom is -0.383 e. The molecule has 1 unspecified atom stereocenters. The van der Waals surface area contributed by atoms with Crippen molar-refractivity contribution in [1.29, 1.82) is 0 Å². The summed E-state index contributed by atoms with van der Waals surface area (Å²) in [5.74, 6) is -1.05. The Bertz CT molecular complexity index is 403. The van der Waals surface area contributed by atoms with Gasteiger partial charge in [-0.1, -0.05) is 6.92 Å². The molecule has 5 heteroatoms. The molecule has 0 amide bonds. The van der Waals surface area contributed by atoms with E-state index in [0.29, 0.717) is 25.3 Å². The predicted molar refractivity (Wildman–Crippen MR) is 78.1 cm³/mol. The third-order valence-electron chi connectivity index (χ3n) is 3.22. The molecule has 0 bridgehead atoms. The standard InChI is InChI=1S/C15H24F2N2O/c1-5-18-9-12-7-13(16)15(14(17)8-12)19(6-2)11(3)10-20-4/h7-8,11,18H,5-6,9-10H2,1-4H3. The molecule has 0 saturated heterocycles. The Morgan fingerprint density at radius 3 is 2.30 bits per heavy atom. The lowest BCUT2D eigenvalue weighted by Crippen LogP contribution is -2.37. The molecule has 0 aliphatic heterocycles. The topological polar surface area (TPSA) is 24.5 Å². The Balaban J connectivity index is 3.04. The van der Waals surface area contributed by atoms with Crippen LogP contribution in [0.3, 0.4) is 0 Å². The van der Waals surface area contributed by atoms with Crippen LogP contribution in [-0.2, 0) is 11.3 Å². The van der Waals surface area contributed by atoms with Gasteiger partial charge in [0.1, 0.15) is 17.3 Å². The number of nitrogens with one attached hydrogen (secondary N) is 1. The summed E-state index contributed by atoms with van der Waals surface area (Å²) in [6.07, 6.45) is 0. The molecule has 0 spiro atoms. The summed E-state index contributed by atoms with van der Waals surface area (Å²) in [6.45, 7) is 7.88. The molecule has 1 atom stereocenters. The van der Waals surface area contributed by atoms with Crippen molar-refractivity contribution in [2.24, 2.45) is 0 Å². The Morgan fingerprint density at radius 2 is 1.85 bits per heavy atom. The van der Waals surface area contributed by atoms with Gasteiger partial charge in [-0.15, -0.1) is 0 Å². The van der Waals surface area contributed by atoms with Crippen LogP contribution in [0, 0.1) is 11.6 Å². The van der Waals surface area contributed by atoms with E-state index in [1.54, 1.807) is 12.0 Å². The smallest absolute Gasteiger partial charge is 0.149 e. The van der Waals surface area contributed by atoms with E-state index < -0.39 is 11.6 Å². The molecule has 0 heterocycles. The molecule has 0 aliphatic carbocycles. The first kappa shape index (κ1) is 16.9. The lowest BCUT2D eigenvalue weighted by Gasteiger charge is -2.30. The van der Waals surface area contributed by atoms with Gasteiger partial charge in [0.2, 0.25) is 0 Å². The highest BCUT2D eigenvalue weighted by Gasteiger charge is 2.21. The number of hydrogen-bond donors (Lipinski definition) is 1. The zero-order chi connectivity index (χ0) is 15.1. The van der Waals surface area contributed by atoms with Crippen molar-refractivity contribution in [2.45, 2.75) is 33.4 Å². The average Bonchev–Trinajstić information content (AvgIpc) is 2.40. The molecule has 0 fully saturated rings. The number of methoxy groups -OCH3 is 1. The van der Waals surface area contributed by atoms with Crippen LogP contribution in [0.4, 0.5) is 14.5 Å². The Hall–Kier alpha value is -1.20. The van der Waals surface area contributed by atoms with E-state index in [9.17, 15) is 8.78 Å². The Labute approximate surface area is 119 Å². The molecule has 1 rings (SSSR count). The quantitative estimate of drug-likeness (QED) is 0.795. The van der Waals surface area contributed by atoms with Crippen molar-refractivity contribution in [3.8, 4) is 0 Å². The monoisotopic (exact) mass is 286 g/mol. The van der Waals surface area contributed by atoms with Crippen molar-refractivity contribution in [2.75, 3.05) is 31.7 Å². The number of benzene rings is 1. The molecule has 3 nitrogen and oxygen atoms in total. The summed E-state index contributed by atoms with van der Waals surface area (Å²) in [7, 11) is 1.58. The zero-order valence-corrected chi connectivity index (χ0v) is 12.7. The highest BCUT2D eigenvalue weighted by Crippen LogP contribution is 2.26. The van der Waals surface area contributed by atoms with Crippen LogP contribution >= 0.6 is 0 Å². The lowest BCUT2D eigenvalue weighted by molar-refractivity contribution is 0.181. The Morgan fingerprint density at radius 1 is 1.25 bits per heavy atom. The normalized spacial score (nSPS) is 12.5. The first-order valence-corrected chi connectivity index (χ1v) is 6.99. The maximum absolute atomic E-state index is 14.2. The van der Waals surface area contributed by atoms with Crippen molar-refractivity contribution in [1.82, 2.24) is 5.32 Å². The SMILES string of the molecule is CCNCc1cc(F)c(N(CC)C(C)COC)c(F)c1. The molecule has 20 heavy (non-hydrogen) atoms. The van der Waals surface area contributed by atoms with Crippen molar-refractivity contribution < 1.29 is 13.5 Å². The van der Waals surface area contributed by atoms with E-state index in [4.69, 9.17) is 4.74 Å². The molecule has 0 aromatic heterocycles. The summed E-state index contributed by atoms with van der Waals surface area (Å²) in [4.78, 5) is 1.69. The molecule has 114 valence electrons. The summed E-state index contributed by atoms with van der Waals surface area (Å²) in [5.41, 5.74) is 0.637. The van der Waals surface area contributed by atoms with E-state index in [2.05, 4.69) is 5.32 Å². The molecule has 1 N–H and O–H groups in total. The number of rotatable bonds is 8. The van der Waals surface area contributed by atoms with Gasteiger partial charge >= 0.3 is 0 Å². The van der Waals surface area contributed by atoms with Crippen LogP contribution in [0.15, 0.2) is 12.1 Å². The van der Waals surface area contributed by atoms with Crippen LogP contribution < -0.4 is 10.2 Å². The zero-order valence-electron chi connectivity index (χ0n) is 12.7. The third-order valence-corrected chi connectivity index (χ3v) is 3.22. The minimum atomic E-state index is -0.525. The predicted octanol–water partition coefficient (Wildman–Crippen LogP) is 2.94. The van der Waals surface area contributed by atoms with Crippen LogP contribution in [0.25, 0.3) is 0 Å². The van der Waals surface area contributed by atoms with E-state index in [0.717, 1.165) is 6.54 Å². The van der Waals surface area contributed by atoms with Crippen LogP contribution in [0.2, 0.25) is 0 Å². The van der Waals surface area contributed by atoms with Crippen LogP contribution in [-0.4, -0.2) is 32.8 Å². The van der Waals surface area contributed by atoms with Gasteiger partial charge < -0.3 is 15.0 Å². The number of likely N-dealkylation sites (N-methyl/N-ethyl adjacent to an activating group) is 1. The van der Waals surface area contributed by atoms with E-state index in [1.807, 2.05) is 20.8 Å². The minimum absolute atomic E-state index is 0.0253. The molecular formula is C15H24F2N2O. The lowest BCUT2D eigenvalue weighted by atomic mass is 10.1. The molecule has 0 radical (unpaired) electrons. The van der Waals surface area contributed by atoms with Gasteiger partial charge in [-0.25, -0.2) is 8.78 Å². The van der Waals surface area contributed by atoms with Gasteiger partial charge in [0.25, 0.3) is 0 Å². The second kappa shape index (κ2) is 8.17. The van der Waals surface area contributed by atoms with E-state index >= 15 is 0 Å². The first-order valence-electron chi connectivity index (χ1n) is 6.99. The number of hydrogen-bond acceptors (Lipinski definition) is 3. The number of anilines is 1. The molecule has 0 saturated carbocycles. The summed E-state index contributed by atoms with van der Waals surface area (Å²) < 4.78 is 33.5. The van der Waals surface area contributed by atoms with Gasteiger partial charge in [0, 0.05) is 26.2 Å². The number of halogens is 2.